The van der Waals surface area contributed by atoms with Gasteiger partial charge >= 0.3 is 0 Å². The molecule has 1 rings (SSSR count). The molecule has 0 amide bonds. The molecule has 0 aromatic rings. The Labute approximate surface area is 98.3 Å². The third-order valence-corrected chi connectivity index (χ3v) is 2.70. The fourth-order valence-corrected chi connectivity index (χ4v) is 1.77. The van der Waals surface area contributed by atoms with Crippen LogP contribution in [0.1, 0.15) is 27.7 Å². The van der Waals surface area contributed by atoms with E-state index in [1.165, 1.54) is 6.08 Å². The number of ketones is 1. The van der Waals surface area contributed by atoms with Crippen LogP contribution in [0.15, 0.2) is 36.7 Å². The SMILES string of the molecule is C=CC(=O)C1=CN(CC(C)C)C=CC1(C)C. The molecule has 1 aliphatic heterocycles. The maximum Gasteiger partial charge on any atom is 0.183 e. The number of allylic oxidation sites excluding steroid dienone is 3. The summed E-state index contributed by atoms with van der Waals surface area (Å²) in [6.45, 7) is 12.9. The van der Waals surface area contributed by atoms with Crippen molar-refractivity contribution in [2.45, 2.75) is 27.7 Å². The smallest absolute Gasteiger partial charge is 0.183 e. The van der Waals surface area contributed by atoms with Gasteiger partial charge in [-0.3, -0.25) is 4.79 Å². The third kappa shape index (κ3) is 2.84. The number of hydrogen-bond acceptors (Lipinski definition) is 2. The Bertz CT molecular complexity index is 348. The first-order valence-corrected chi connectivity index (χ1v) is 5.71. The lowest BCUT2D eigenvalue weighted by Gasteiger charge is -2.31. The van der Waals surface area contributed by atoms with Crippen molar-refractivity contribution < 1.29 is 4.79 Å². The molecule has 16 heavy (non-hydrogen) atoms. The van der Waals surface area contributed by atoms with Crippen LogP contribution in [-0.4, -0.2) is 17.2 Å². The molecule has 1 aliphatic rings. The van der Waals surface area contributed by atoms with Crippen LogP contribution in [0.25, 0.3) is 0 Å². The van der Waals surface area contributed by atoms with E-state index in [1.807, 2.05) is 20.0 Å². The van der Waals surface area contributed by atoms with Gasteiger partial charge in [-0.25, -0.2) is 0 Å². The van der Waals surface area contributed by atoms with Crippen molar-refractivity contribution in [1.82, 2.24) is 4.90 Å². The standard InChI is InChI=1S/C14H21NO/c1-6-13(16)12-10-15(9-11(2)3)8-7-14(12,4)5/h6-8,10-11H,1,9H2,2-5H3. The summed E-state index contributed by atoms with van der Waals surface area (Å²) < 4.78 is 0. The zero-order valence-corrected chi connectivity index (χ0v) is 10.7. The van der Waals surface area contributed by atoms with E-state index in [9.17, 15) is 4.79 Å². The molecule has 0 N–H and O–H groups in total. The molecule has 88 valence electrons. The zero-order valence-electron chi connectivity index (χ0n) is 10.7. The highest BCUT2D eigenvalue weighted by Gasteiger charge is 2.28. The number of hydrogen-bond donors (Lipinski definition) is 0. The van der Waals surface area contributed by atoms with Crippen LogP contribution in [-0.2, 0) is 4.79 Å². The first-order valence-electron chi connectivity index (χ1n) is 5.71. The lowest BCUT2D eigenvalue weighted by Crippen LogP contribution is -2.28. The van der Waals surface area contributed by atoms with E-state index in [0.717, 1.165) is 12.1 Å². The Kier molecular flexibility index (Phi) is 3.74. The van der Waals surface area contributed by atoms with Crippen molar-refractivity contribution in [3.63, 3.8) is 0 Å². The molecule has 0 radical (unpaired) electrons. The first kappa shape index (κ1) is 12.8. The summed E-state index contributed by atoms with van der Waals surface area (Å²) in [5.41, 5.74) is 0.615. The molecule has 0 bridgehead atoms. The van der Waals surface area contributed by atoms with Crippen molar-refractivity contribution in [2.24, 2.45) is 11.3 Å². The van der Waals surface area contributed by atoms with Crippen LogP contribution in [0.4, 0.5) is 0 Å². The second-order valence-electron chi connectivity index (χ2n) is 5.24. The Balaban J connectivity index is 2.95. The van der Waals surface area contributed by atoms with Crippen LogP contribution in [0.5, 0.6) is 0 Å². The molecule has 0 aromatic carbocycles. The topological polar surface area (TPSA) is 20.3 Å². The van der Waals surface area contributed by atoms with Gasteiger partial charge in [0.05, 0.1) is 0 Å². The minimum absolute atomic E-state index is 0.0168. The van der Waals surface area contributed by atoms with Gasteiger partial charge in [-0.05, 0) is 12.0 Å². The Morgan fingerprint density at radius 2 is 2.19 bits per heavy atom. The van der Waals surface area contributed by atoms with Gasteiger partial charge in [0.1, 0.15) is 0 Å². The zero-order chi connectivity index (χ0) is 12.3. The van der Waals surface area contributed by atoms with Crippen molar-refractivity contribution in [1.29, 1.82) is 0 Å². The van der Waals surface area contributed by atoms with Gasteiger partial charge in [-0.2, -0.15) is 0 Å². The normalized spacial score (nSPS) is 18.6. The molecule has 2 heteroatoms. The van der Waals surface area contributed by atoms with E-state index >= 15 is 0 Å². The Hall–Kier alpha value is -1.31. The van der Waals surface area contributed by atoms with Crippen LogP contribution >= 0.6 is 0 Å². The second-order valence-corrected chi connectivity index (χ2v) is 5.24. The summed E-state index contributed by atoms with van der Waals surface area (Å²) in [6, 6.07) is 0. The molecular formula is C14H21NO. The predicted molar refractivity (Wildman–Crippen MR) is 67.8 cm³/mol. The molecule has 2 nitrogen and oxygen atoms in total. The van der Waals surface area contributed by atoms with Crippen molar-refractivity contribution in [3.8, 4) is 0 Å². The summed E-state index contributed by atoms with van der Waals surface area (Å²) in [7, 11) is 0. The molecule has 0 aliphatic carbocycles. The minimum atomic E-state index is -0.196. The van der Waals surface area contributed by atoms with Crippen molar-refractivity contribution in [2.75, 3.05) is 6.54 Å². The summed E-state index contributed by atoms with van der Waals surface area (Å²) >= 11 is 0. The van der Waals surface area contributed by atoms with E-state index in [4.69, 9.17) is 0 Å². The van der Waals surface area contributed by atoms with Crippen LogP contribution in [0, 0.1) is 11.3 Å². The molecule has 1 heterocycles. The summed E-state index contributed by atoms with van der Waals surface area (Å²) in [5, 5.41) is 0. The number of carbonyl (C=O) groups is 1. The molecule has 0 saturated heterocycles. The molecule has 0 saturated carbocycles. The van der Waals surface area contributed by atoms with E-state index in [0.29, 0.717) is 5.92 Å². The van der Waals surface area contributed by atoms with Gasteiger partial charge in [0.2, 0.25) is 0 Å². The highest BCUT2D eigenvalue weighted by atomic mass is 16.1. The Morgan fingerprint density at radius 1 is 1.56 bits per heavy atom. The number of nitrogens with zero attached hydrogens (tertiary/aromatic N) is 1. The monoisotopic (exact) mass is 219 g/mol. The lowest BCUT2D eigenvalue weighted by molar-refractivity contribution is -0.112. The summed E-state index contributed by atoms with van der Waals surface area (Å²) in [4.78, 5) is 13.8. The molecule has 0 unspecified atom stereocenters. The second kappa shape index (κ2) is 4.69. The van der Waals surface area contributed by atoms with Gasteiger partial charge in [0, 0.05) is 29.9 Å². The van der Waals surface area contributed by atoms with Crippen LogP contribution in [0.3, 0.4) is 0 Å². The molecule has 0 spiro atoms. The lowest BCUT2D eigenvalue weighted by atomic mass is 9.81. The van der Waals surface area contributed by atoms with E-state index < -0.39 is 0 Å². The predicted octanol–water partition coefficient (Wildman–Crippen LogP) is 3.14. The van der Waals surface area contributed by atoms with E-state index in [1.54, 1.807) is 0 Å². The summed E-state index contributed by atoms with van der Waals surface area (Å²) in [5.74, 6) is 0.588. The number of rotatable bonds is 4. The summed E-state index contributed by atoms with van der Waals surface area (Å²) in [6.07, 6.45) is 7.47. The van der Waals surface area contributed by atoms with Gasteiger partial charge in [0.15, 0.2) is 5.78 Å². The Morgan fingerprint density at radius 3 is 2.69 bits per heavy atom. The quantitative estimate of drug-likeness (QED) is 0.677. The molecule has 0 fully saturated rings. The van der Waals surface area contributed by atoms with Gasteiger partial charge in [0.25, 0.3) is 0 Å². The van der Waals surface area contributed by atoms with Crippen LogP contribution < -0.4 is 0 Å². The highest BCUT2D eigenvalue weighted by molar-refractivity contribution is 6.04. The van der Waals surface area contributed by atoms with E-state index in [2.05, 4.69) is 37.6 Å². The molecular weight excluding hydrogens is 198 g/mol. The highest BCUT2D eigenvalue weighted by Crippen LogP contribution is 2.32. The van der Waals surface area contributed by atoms with Crippen molar-refractivity contribution >= 4 is 5.78 Å². The van der Waals surface area contributed by atoms with Crippen LogP contribution in [0.2, 0.25) is 0 Å². The van der Waals surface area contributed by atoms with Crippen molar-refractivity contribution in [3.05, 3.63) is 36.7 Å². The molecule has 0 atom stereocenters. The minimum Gasteiger partial charge on any atom is -0.354 e. The first-order chi connectivity index (χ1) is 7.36. The maximum absolute atomic E-state index is 11.8. The molecule has 0 aromatic heterocycles. The van der Waals surface area contributed by atoms with Gasteiger partial charge in [-0.15, -0.1) is 0 Å². The third-order valence-electron chi connectivity index (χ3n) is 2.70. The number of carbonyl (C=O) groups excluding carboxylic acids is 1. The largest absolute Gasteiger partial charge is 0.354 e. The van der Waals surface area contributed by atoms with E-state index in [-0.39, 0.29) is 11.2 Å². The fraction of sp³-hybridized carbons (Fsp3) is 0.500. The average molecular weight is 219 g/mol. The van der Waals surface area contributed by atoms with Gasteiger partial charge < -0.3 is 4.90 Å². The fourth-order valence-electron chi connectivity index (χ4n) is 1.77. The van der Waals surface area contributed by atoms with Gasteiger partial charge in [-0.1, -0.05) is 40.3 Å². The average Bonchev–Trinajstić information content (AvgIpc) is 2.19. The maximum atomic E-state index is 11.8.